The van der Waals surface area contributed by atoms with Gasteiger partial charge in [0.15, 0.2) is 10.9 Å². The van der Waals surface area contributed by atoms with Crippen LogP contribution in [-0.4, -0.2) is 16.8 Å². The Balaban J connectivity index is 2.85. The number of anilines is 1. The molecule has 1 heterocycles. The summed E-state index contributed by atoms with van der Waals surface area (Å²) >= 11 is 1.52. The van der Waals surface area contributed by atoms with E-state index < -0.39 is 0 Å². The Morgan fingerprint density at radius 2 is 2.06 bits per heavy atom. The molecule has 1 aromatic rings. The smallest absolute Gasteiger partial charge is 0.183 e. The minimum absolute atomic E-state index is 0.0386. The summed E-state index contributed by atoms with van der Waals surface area (Å²) in [6.45, 7) is 10.1. The summed E-state index contributed by atoms with van der Waals surface area (Å²) in [5.41, 5.74) is -0.104. The molecule has 1 unspecified atom stereocenters. The number of nitrogens with zero attached hydrogens (tertiary/aromatic N) is 1. The molecule has 0 aliphatic heterocycles. The third-order valence-corrected chi connectivity index (χ3v) is 3.12. The second-order valence-corrected chi connectivity index (χ2v) is 6.23. The molecule has 0 amide bonds. The van der Waals surface area contributed by atoms with Crippen molar-refractivity contribution in [1.29, 1.82) is 0 Å². The van der Waals surface area contributed by atoms with E-state index in [1.807, 2.05) is 19.2 Å². The molecule has 0 aliphatic carbocycles. The van der Waals surface area contributed by atoms with Crippen LogP contribution in [-0.2, 0) is 4.79 Å². The molecule has 1 atom stereocenters. The lowest BCUT2D eigenvalue weighted by Gasteiger charge is -2.31. The van der Waals surface area contributed by atoms with Crippen LogP contribution in [0, 0.1) is 11.3 Å². The molecule has 0 saturated carbocycles. The topological polar surface area (TPSA) is 42.0 Å². The van der Waals surface area contributed by atoms with Crippen molar-refractivity contribution in [3.05, 3.63) is 11.6 Å². The summed E-state index contributed by atoms with van der Waals surface area (Å²) in [7, 11) is 0. The molecule has 1 N–H and O–H groups in total. The van der Waals surface area contributed by atoms with Crippen LogP contribution in [0.2, 0.25) is 0 Å². The maximum absolute atomic E-state index is 12.1. The van der Waals surface area contributed by atoms with Crippen molar-refractivity contribution in [3.63, 3.8) is 0 Å². The van der Waals surface area contributed by atoms with E-state index in [0.717, 1.165) is 5.13 Å². The van der Waals surface area contributed by atoms with Crippen molar-refractivity contribution in [3.8, 4) is 0 Å². The van der Waals surface area contributed by atoms with Crippen LogP contribution in [0.3, 0.4) is 0 Å². The van der Waals surface area contributed by atoms with Crippen LogP contribution >= 0.6 is 11.3 Å². The number of thiazole rings is 1. The van der Waals surface area contributed by atoms with Gasteiger partial charge in [-0.05, 0) is 5.41 Å². The fourth-order valence-corrected chi connectivity index (χ4v) is 2.02. The summed E-state index contributed by atoms with van der Waals surface area (Å²) in [5, 5.41) is 5.96. The zero-order valence-electron chi connectivity index (χ0n) is 10.6. The second-order valence-electron chi connectivity index (χ2n) is 5.34. The third-order valence-electron chi connectivity index (χ3n) is 2.42. The average Bonchev–Trinajstić information content (AvgIpc) is 2.63. The first-order chi connectivity index (χ1) is 7.32. The van der Waals surface area contributed by atoms with Gasteiger partial charge in [0.05, 0.1) is 6.04 Å². The fourth-order valence-electron chi connectivity index (χ4n) is 1.47. The molecule has 0 fully saturated rings. The molecular formula is C12H20N2OS. The number of carbonyl (C=O) groups is 1. The van der Waals surface area contributed by atoms with Gasteiger partial charge in [0.1, 0.15) is 0 Å². The number of hydrogen-bond donors (Lipinski definition) is 1. The van der Waals surface area contributed by atoms with Crippen LogP contribution in [0.15, 0.2) is 11.6 Å². The van der Waals surface area contributed by atoms with Crippen molar-refractivity contribution >= 4 is 22.3 Å². The van der Waals surface area contributed by atoms with Gasteiger partial charge in [-0.2, -0.15) is 0 Å². The van der Waals surface area contributed by atoms with Crippen LogP contribution in [0.25, 0.3) is 0 Å². The van der Waals surface area contributed by atoms with Crippen LogP contribution in [0.4, 0.5) is 5.13 Å². The lowest BCUT2D eigenvalue weighted by molar-refractivity contribution is -0.124. The molecule has 1 rings (SSSR count). The van der Waals surface area contributed by atoms with Gasteiger partial charge in [-0.15, -0.1) is 11.3 Å². The number of ketones is 1. The molecule has 16 heavy (non-hydrogen) atoms. The summed E-state index contributed by atoms with van der Waals surface area (Å²) in [6.07, 6.45) is 1.74. The number of hydrogen-bond acceptors (Lipinski definition) is 4. The van der Waals surface area contributed by atoms with Gasteiger partial charge in [-0.3, -0.25) is 4.79 Å². The molecule has 0 bridgehead atoms. The standard InChI is InChI=1S/C12H20N2OS/c1-8(2)9(15)10(12(3,4)5)14-11-13-6-7-16-11/h6-8,10H,1-5H3,(H,13,14). The van der Waals surface area contributed by atoms with Gasteiger partial charge in [0, 0.05) is 17.5 Å². The lowest BCUT2D eigenvalue weighted by Crippen LogP contribution is -2.43. The minimum atomic E-state index is -0.182. The number of Topliss-reactive ketones (excluding diaryl/α,β-unsaturated/α-hetero) is 1. The molecule has 90 valence electrons. The van der Waals surface area contributed by atoms with E-state index in [1.54, 1.807) is 6.20 Å². The SMILES string of the molecule is CC(C)C(=O)C(Nc1nccs1)C(C)(C)C. The third kappa shape index (κ3) is 3.30. The Hall–Kier alpha value is -0.900. The van der Waals surface area contributed by atoms with Crippen LogP contribution < -0.4 is 5.32 Å². The van der Waals surface area contributed by atoms with E-state index in [9.17, 15) is 4.79 Å². The monoisotopic (exact) mass is 240 g/mol. The number of nitrogens with one attached hydrogen (secondary N) is 1. The Bertz CT molecular complexity index is 338. The maximum Gasteiger partial charge on any atom is 0.183 e. The normalized spacial score (nSPS) is 13.9. The van der Waals surface area contributed by atoms with Gasteiger partial charge >= 0.3 is 0 Å². The molecule has 0 radical (unpaired) electrons. The highest BCUT2D eigenvalue weighted by molar-refractivity contribution is 7.13. The van der Waals surface area contributed by atoms with Crippen molar-refractivity contribution < 1.29 is 4.79 Å². The van der Waals surface area contributed by atoms with E-state index in [0.29, 0.717) is 0 Å². The Morgan fingerprint density at radius 3 is 2.44 bits per heavy atom. The zero-order valence-corrected chi connectivity index (χ0v) is 11.4. The summed E-state index contributed by atoms with van der Waals surface area (Å²) in [6, 6.07) is -0.182. The molecule has 4 heteroatoms. The minimum Gasteiger partial charge on any atom is -0.351 e. The maximum atomic E-state index is 12.1. The van der Waals surface area contributed by atoms with Crippen molar-refractivity contribution in [1.82, 2.24) is 4.98 Å². The molecule has 3 nitrogen and oxygen atoms in total. The molecule has 1 aromatic heterocycles. The van der Waals surface area contributed by atoms with E-state index in [2.05, 4.69) is 31.1 Å². The van der Waals surface area contributed by atoms with Gasteiger partial charge in [-0.1, -0.05) is 34.6 Å². The van der Waals surface area contributed by atoms with Crippen LogP contribution in [0.5, 0.6) is 0 Å². The first kappa shape index (κ1) is 13.2. The summed E-state index contributed by atoms with van der Waals surface area (Å²) in [4.78, 5) is 16.3. The highest BCUT2D eigenvalue weighted by Crippen LogP contribution is 2.26. The van der Waals surface area contributed by atoms with Gasteiger partial charge in [0.25, 0.3) is 0 Å². The van der Waals surface area contributed by atoms with Gasteiger partial charge in [-0.25, -0.2) is 4.98 Å². The Labute approximate surface area is 101 Å². The van der Waals surface area contributed by atoms with Crippen LogP contribution in [0.1, 0.15) is 34.6 Å². The summed E-state index contributed by atoms with van der Waals surface area (Å²) < 4.78 is 0. The molecule has 0 saturated heterocycles. The Morgan fingerprint density at radius 1 is 1.44 bits per heavy atom. The number of rotatable bonds is 4. The largest absolute Gasteiger partial charge is 0.351 e. The average molecular weight is 240 g/mol. The molecule has 0 spiro atoms. The number of aromatic nitrogens is 1. The van der Waals surface area contributed by atoms with E-state index in [4.69, 9.17) is 0 Å². The molecule has 0 aliphatic rings. The van der Waals surface area contributed by atoms with E-state index in [-0.39, 0.29) is 23.2 Å². The summed E-state index contributed by atoms with van der Waals surface area (Å²) in [5.74, 6) is 0.277. The van der Waals surface area contributed by atoms with Crippen molar-refractivity contribution in [2.45, 2.75) is 40.7 Å². The first-order valence-corrected chi connectivity index (χ1v) is 6.40. The van der Waals surface area contributed by atoms with Crippen molar-refractivity contribution in [2.24, 2.45) is 11.3 Å². The molecular weight excluding hydrogens is 220 g/mol. The Kier molecular flexibility index (Phi) is 4.08. The predicted octanol–water partition coefficient (Wildman–Crippen LogP) is 3.19. The number of carbonyl (C=O) groups excluding carboxylic acids is 1. The second kappa shape index (κ2) is 4.95. The van der Waals surface area contributed by atoms with Gasteiger partial charge in [0.2, 0.25) is 0 Å². The lowest BCUT2D eigenvalue weighted by atomic mass is 9.81. The first-order valence-electron chi connectivity index (χ1n) is 5.52. The quantitative estimate of drug-likeness (QED) is 0.878. The van der Waals surface area contributed by atoms with Crippen molar-refractivity contribution in [2.75, 3.05) is 5.32 Å². The highest BCUT2D eigenvalue weighted by Gasteiger charge is 2.32. The highest BCUT2D eigenvalue weighted by atomic mass is 32.1. The predicted molar refractivity (Wildman–Crippen MR) is 68.8 cm³/mol. The fraction of sp³-hybridized carbons (Fsp3) is 0.667. The van der Waals surface area contributed by atoms with E-state index in [1.165, 1.54) is 11.3 Å². The van der Waals surface area contributed by atoms with Gasteiger partial charge < -0.3 is 5.32 Å². The van der Waals surface area contributed by atoms with E-state index >= 15 is 0 Å². The molecule has 0 aromatic carbocycles. The zero-order chi connectivity index (χ0) is 12.3.